The van der Waals surface area contributed by atoms with Gasteiger partial charge >= 0.3 is 0 Å². The first kappa shape index (κ1) is 14.4. The number of nitrogens with zero attached hydrogens (tertiary/aromatic N) is 4. The summed E-state index contributed by atoms with van der Waals surface area (Å²) in [6.45, 7) is 0.672. The van der Waals surface area contributed by atoms with Crippen molar-refractivity contribution in [3.8, 4) is 5.69 Å². The van der Waals surface area contributed by atoms with Crippen molar-refractivity contribution in [1.29, 1.82) is 0 Å². The average molecular weight is 313 g/mol. The van der Waals surface area contributed by atoms with E-state index in [0.29, 0.717) is 12.1 Å². The van der Waals surface area contributed by atoms with E-state index >= 15 is 0 Å². The van der Waals surface area contributed by atoms with Gasteiger partial charge in [-0.15, -0.1) is 16.4 Å². The van der Waals surface area contributed by atoms with Crippen LogP contribution in [0.1, 0.15) is 21.7 Å². The van der Waals surface area contributed by atoms with Crippen molar-refractivity contribution in [3.63, 3.8) is 0 Å². The van der Waals surface area contributed by atoms with Crippen molar-refractivity contribution in [2.45, 2.75) is 12.8 Å². The van der Waals surface area contributed by atoms with E-state index in [9.17, 15) is 4.79 Å². The SMILES string of the molecule is O=C(NCCCc1cccs1)c1ccc(-n2cnnn2)cc1. The molecule has 0 saturated carbocycles. The topological polar surface area (TPSA) is 72.7 Å². The molecule has 0 aliphatic carbocycles. The van der Waals surface area contributed by atoms with Gasteiger partial charge in [-0.2, -0.15) is 0 Å². The largest absolute Gasteiger partial charge is 0.352 e. The molecule has 1 amide bonds. The maximum atomic E-state index is 12.0. The van der Waals surface area contributed by atoms with Gasteiger partial charge in [0.2, 0.25) is 0 Å². The first-order chi connectivity index (χ1) is 10.8. The number of aromatic nitrogens is 4. The summed E-state index contributed by atoms with van der Waals surface area (Å²) in [6.07, 6.45) is 3.45. The van der Waals surface area contributed by atoms with Crippen LogP contribution in [0.15, 0.2) is 48.1 Å². The molecule has 2 aromatic heterocycles. The summed E-state index contributed by atoms with van der Waals surface area (Å²) in [5.74, 6) is -0.0607. The summed E-state index contributed by atoms with van der Waals surface area (Å²) in [7, 11) is 0. The molecule has 0 atom stereocenters. The highest BCUT2D eigenvalue weighted by molar-refractivity contribution is 7.09. The second-order valence-corrected chi connectivity index (χ2v) is 5.77. The molecule has 112 valence electrons. The normalized spacial score (nSPS) is 10.5. The van der Waals surface area contributed by atoms with Gasteiger partial charge in [-0.25, -0.2) is 4.68 Å². The summed E-state index contributed by atoms with van der Waals surface area (Å²) >= 11 is 1.75. The molecule has 0 unspecified atom stereocenters. The Morgan fingerprint density at radius 1 is 1.23 bits per heavy atom. The van der Waals surface area contributed by atoms with Crippen molar-refractivity contribution in [2.24, 2.45) is 0 Å². The summed E-state index contributed by atoms with van der Waals surface area (Å²) in [5.41, 5.74) is 1.45. The Morgan fingerprint density at radius 2 is 2.09 bits per heavy atom. The molecule has 6 nitrogen and oxygen atoms in total. The molecule has 22 heavy (non-hydrogen) atoms. The van der Waals surface area contributed by atoms with Gasteiger partial charge in [0.1, 0.15) is 6.33 Å². The predicted molar refractivity (Wildman–Crippen MR) is 84.1 cm³/mol. The Labute approximate surface area is 131 Å². The number of aryl methyl sites for hydroxylation is 1. The molecule has 0 bridgehead atoms. The monoisotopic (exact) mass is 313 g/mol. The number of hydrogen-bond donors (Lipinski definition) is 1. The fourth-order valence-corrected chi connectivity index (χ4v) is 2.82. The summed E-state index contributed by atoms with van der Waals surface area (Å²) in [5, 5.41) is 16.0. The second-order valence-electron chi connectivity index (χ2n) is 4.74. The Morgan fingerprint density at radius 3 is 2.77 bits per heavy atom. The highest BCUT2D eigenvalue weighted by Gasteiger charge is 2.05. The number of hydrogen-bond acceptors (Lipinski definition) is 5. The lowest BCUT2D eigenvalue weighted by atomic mass is 10.2. The van der Waals surface area contributed by atoms with Crippen molar-refractivity contribution in [3.05, 3.63) is 58.5 Å². The maximum Gasteiger partial charge on any atom is 0.251 e. The van der Waals surface area contributed by atoms with Crippen LogP contribution in [0.25, 0.3) is 5.69 Å². The Kier molecular flexibility index (Phi) is 4.55. The van der Waals surface area contributed by atoms with Gasteiger partial charge in [0, 0.05) is 17.0 Å². The van der Waals surface area contributed by atoms with Crippen molar-refractivity contribution in [1.82, 2.24) is 25.5 Å². The third-order valence-corrected chi connectivity index (χ3v) is 4.14. The molecule has 3 aromatic rings. The van der Waals surface area contributed by atoms with Crippen LogP contribution in [0.3, 0.4) is 0 Å². The zero-order valence-electron chi connectivity index (χ0n) is 11.8. The van der Waals surface area contributed by atoms with Crippen molar-refractivity contribution < 1.29 is 4.79 Å². The highest BCUT2D eigenvalue weighted by atomic mass is 32.1. The Hall–Kier alpha value is -2.54. The van der Waals surface area contributed by atoms with E-state index < -0.39 is 0 Å². The molecule has 2 heterocycles. The second kappa shape index (κ2) is 6.95. The van der Waals surface area contributed by atoms with E-state index in [2.05, 4.69) is 32.3 Å². The van der Waals surface area contributed by atoms with Crippen molar-refractivity contribution in [2.75, 3.05) is 6.54 Å². The van der Waals surface area contributed by atoms with Gasteiger partial charge in [-0.3, -0.25) is 4.79 Å². The van der Waals surface area contributed by atoms with Crippen LogP contribution >= 0.6 is 11.3 Å². The van der Waals surface area contributed by atoms with E-state index in [1.165, 1.54) is 11.2 Å². The molecule has 0 aliphatic heterocycles. The van der Waals surface area contributed by atoms with Crippen LogP contribution in [0.5, 0.6) is 0 Å². The van der Waals surface area contributed by atoms with E-state index in [4.69, 9.17) is 0 Å². The van der Waals surface area contributed by atoms with Crippen LogP contribution < -0.4 is 5.32 Å². The molecule has 3 rings (SSSR count). The first-order valence-electron chi connectivity index (χ1n) is 6.97. The summed E-state index contributed by atoms with van der Waals surface area (Å²) in [6, 6.07) is 11.3. The standard InChI is InChI=1S/C15H15N5OS/c21-15(16-9-1-3-14-4-2-10-22-14)12-5-7-13(8-6-12)20-11-17-18-19-20/h2,4-8,10-11H,1,3,9H2,(H,16,21). The number of thiophene rings is 1. The van der Waals surface area contributed by atoms with E-state index in [-0.39, 0.29) is 5.91 Å². The fraction of sp³-hybridized carbons (Fsp3) is 0.200. The van der Waals surface area contributed by atoms with Crippen LogP contribution in [0, 0.1) is 0 Å². The Bertz CT molecular complexity index is 707. The third-order valence-electron chi connectivity index (χ3n) is 3.21. The number of nitrogens with one attached hydrogen (secondary N) is 1. The van der Waals surface area contributed by atoms with Crippen molar-refractivity contribution >= 4 is 17.2 Å². The van der Waals surface area contributed by atoms with Crippen LogP contribution in [-0.2, 0) is 6.42 Å². The molecular formula is C15H15N5OS. The first-order valence-corrected chi connectivity index (χ1v) is 7.85. The fourth-order valence-electron chi connectivity index (χ4n) is 2.07. The van der Waals surface area contributed by atoms with Crippen LogP contribution in [-0.4, -0.2) is 32.7 Å². The summed E-state index contributed by atoms with van der Waals surface area (Å²) in [4.78, 5) is 13.4. The van der Waals surface area contributed by atoms with Crippen LogP contribution in [0.4, 0.5) is 0 Å². The molecule has 1 aromatic carbocycles. The lowest BCUT2D eigenvalue weighted by Crippen LogP contribution is -2.24. The molecule has 0 radical (unpaired) electrons. The van der Waals surface area contributed by atoms with Gasteiger partial charge in [-0.1, -0.05) is 6.07 Å². The van der Waals surface area contributed by atoms with E-state index in [1.807, 2.05) is 18.2 Å². The van der Waals surface area contributed by atoms with Crippen LogP contribution in [0.2, 0.25) is 0 Å². The molecule has 0 saturated heterocycles. The van der Waals surface area contributed by atoms with Gasteiger partial charge in [-0.05, 0) is 59.0 Å². The maximum absolute atomic E-state index is 12.0. The summed E-state index contributed by atoms with van der Waals surface area (Å²) < 4.78 is 1.54. The quantitative estimate of drug-likeness (QED) is 0.707. The lowest BCUT2D eigenvalue weighted by Gasteiger charge is -2.05. The number of tetrazole rings is 1. The molecule has 0 fully saturated rings. The van der Waals surface area contributed by atoms with Gasteiger partial charge in [0.05, 0.1) is 5.69 Å². The third kappa shape index (κ3) is 3.56. The predicted octanol–water partition coefficient (Wildman–Crippen LogP) is 2.09. The number of carbonyl (C=O) groups excluding carboxylic acids is 1. The zero-order chi connectivity index (χ0) is 15.2. The number of benzene rings is 1. The van der Waals surface area contributed by atoms with Gasteiger partial charge in [0.15, 0.2) is 0 Å². The average Bonchev–Trinajstić information content (AvgIpc) is 3.25. The minimum absolute atomic E-state index is 0.0607. The minimum atomic E-state index is -0.0607. The molecular weight excluding hydrogens is 298 g/mol. The zero-order valence-corrected chi connectivity index (χ0v) is 12.7. The number of amides is 1. The number of carbonyl (C=O) groups is 1. The van der Waals surface area contributed by atoms with E-state index in [0.717, 1.165) is 18.5 Å². The lowest BCUT2D eigenvalue weighted by molar-refractivity contribution is 0.0953. The van der Waals surface area contributed by atoms with Gasteiger partial charge in [0.25, 0.3) is 5.91 Å². The molecule has 0 aliphatic rings. The number of rotatable bonds is 6. The highest BCUT2D eigenvalue weighted by Crippen LogP contribution is 2.11. The molecule has 0 spiro atoms. The smallest absolute Gasteiger partial charge is 0.251 e. The minimum Gasteiger partial charge on any atom is -0.352 e. The Balaban J connectivity index is 1.49. The molecule has 1 N–H and O–H groups in total. The van der Waals surface area contributed by atoms with E-state index in [1.54, 1.807) is 28.2 Å². The molecule has 7 heteroatoms. The van der Waals surface area contributed by atoms with Gasteiger partial charge < -0.3 is 5.32 Å².